The van der Waals surface area contributed by atoms with E-state index in [1.54, 1.807) is 5.38 Å². The van der Waals surface area contributed by atoms with E-state index in [2.05, 4.69) is 41.6 Å². The largest absolute Gasteiger partial charge is 0.354 e. The molecule has 0 radical (unpaired) electrons. The van der Waals surface area contributed by atoms with Crippen LogP contribution in [0.3, 0.4) is 0 Å². The van der Waals surface area contributed by atoms with E-state index in [-0.39, 0.29) is 24.3 Å². The molecule has 0 saturated carbocycles. The van der Waals surface area contributed by atoms with Gasteiger partial charge in [0.15, 0.2) is 0 Å². The van der Waals surface area contributed by atoms with Gasteiger partial charge in [0.1, 0.15) is 10.7 Å². The molecule has 6 heteroatoms. The average molecular weight is 374 g/mol. The highest BCUT2D eigenvalue weighted by Gasteiger charge is 2.13. The fourth-order valence-corrected chi connectivity index (χ4v) is 3.16. The van der Waals surface area contributed by atoms with E-state index in [0.717, 1.165) is 17.0 Å². The van der Waals surface area contributed by atoms with Crippen LogP contribution >= 0.6 is 11.3 Å². The molecule has 2 aromatic rings. The van der Waals surface area contributed by atoms with Crippen molar-refractivity contribution in [3.8, 4) is 10.6 Å². The van der Waals surface area contributed by atoms with Crippen LogP contribution in [0.5, 0.6) is 0 Å². The molecule has 0 fully saturated rings. The van der Waals surface area contributed by atoms with Gasteiger partial charge in [-0.25, -0.2) is 4.98 Å². The van der Waals surface area contributed by atoms with Crippen LogP contribution < -0.4 is 10.6 Å². The molecule has 5 nitrogen and oxygen atoms in total. The maximum Gasteiger partial charge on any atom is 0.270 e. The van der Waals surface area contributed by atoms with Crippen LogP contribution in [0.15, 0.2) is 29.6 Å². The van der Waals surface area contributed by atoms with E-state index in [9.17, 15) is 9.59 Å². The smallest absolute Gasteiger partial charge is 0.270 e. The van der Waals surface area contributed by atoms with Gasteiger partial charge in [0.05, 0.1) is 0 Å². The standard InChI is InChI=1S/C20H27N3O2S/c1-5-14(4)22-18(24)10-11-21-19(25)17-12-26-20(23-17)16-8-6-15(7-9-16)13(2)3/h6-9,12-14H,5,10-11H2,1-4H3,(H,21,25)(H,22,24). The minimum absolute atomic E-state index is 0.0520. The van der Waals surface area contributed by atoms with Gasteiger partial charge in [0, 0.05) is 30.0 Å². The van der Waals surface area contributed by atoms with Crippen molar-refractivity contribution in [1.82, 2.24) is 15.6 Å². The summed E-state index contributed by atoms with van der Waals surface area (Å²) in [5, 5.41) is 8.20. The molecule has 1 heterocycles. The van der Waals surface area contributed by atoms with Crippen molar-refractivity contribution in [3.05, 3.63) is 40.9 Å². The number of nitrogens with zero attached hydrogens (tertiary/aromatic N) is 1. The Bertz CT molecular complexity index is 738. The van der Waals surface area contributed by atoms with Gasteiger partial charge in [-0.3, -0.25) is 9.59 Å². The van der Waals surface area contributed by atoms with Crippen LogP contribution in [-0.2, 0) is 4.79 Å². The summed E-state index contributed by atoms with van der Waals surface area (Å²) in [5.74, 6) is 0.186. The lowest BCUT2D eigenvalue weighted by molar-refractivity contribution is -0.121. The number of thiazole rings is 1. The van der Waals surface area contributed by atoms with Gasteiger partial charge in [0.2, 0.25) is 5.91 Å². The van der Waals surface area contributed by atoms with Crippen LogP contribution in [0.1, 0.15) is 62.5 Å². The van der Waals surface area contributed by atoms with Gasteiger partial charge >= 0.3 is 0 Å². The molecule has 2 rings (SSSR count). The van der Waals surface area contributed by atoms with Crippen molar-refractivity contribution < 1.29 is 9.59 Å². The van der Waals surface area contributed by atoms with Crippen LogP contribution in [0, 0.1) is 0 Å². The molecule has 2 amide bonds. The minimum Gasteiger partial charge on any atom is -0.354 e. The summed E-state index contributed by atoms with van der Waals surface area (Å²) in [6, 6.07) is 8.42. The van der Waals surface area contributed by atoms with Gasteiger partial charge in [-0.05, 0) is 24.8 Å². The third kappa shape index (κ3) is 5.66. The highest BCUT2D eigenvalue weighted by atomic mass is 32.1. The molecule has 1 aromatic heterocycles. The molecule has 2 N–H and O–H groups in total. The predicted molar refractivity (Wildman–Crippen MR) is 106 cm³/mol. The van der Waals surface area contributed by atoms with E-state index < -0.39 is 0 Å². The quantitative estimate of drug-likeness (QED) is 0.735. The highest BCUT2D eigenvalue weighted by Crippen LogP contribution is 2.25. The SMILES string of the molecule is CCC(C)NC(=O)CCNC(=O)c1csc(-c2ccc(C(C)C)cc2)n1. The molecule has 0 aliphatic carbocycles. The summed E-state index contributed by atoms with van der Waals surface area (Å²) in [4.78, 5) is 28.3. The van der Waals surface area contributed by atoms with Crippen LogP contribution in [0.4, 0.5) is 0 Å². The first kappa shape index (κ1) is 20.1. The fraction of sp³-hybridized carbons (Fsp3) is 0.450. The molecule has 0 aliphatic heterocycles. The fourth-order valence-electron chi connectivity index (χ4n) is 2.35. The van der Waals surface area contributed by atoms with Crippen LogP contribution in [0.25, 0.3) is 10.6 Å². The van der Waals surface area contributed by atoms with E-state index in [1.807, 2.05) is 26.0 Å². The van der Waals surface area contributed by atoms with Gasteiger partial charge in [-0.1, -0.05) is 45.0 Å². The summed E-state index contributed by atoms with van der Waals surface area (Å²) in [6.07, 6.45) is 1.15. The van der Waals surface area contributed by atoms with Crippen LogP contribution in [-0.4, -0.2) is 29.4 Å². The number of benzene rings is 1. The summed E-state index contributed by atoms with van der Waals surface area (Å²) < 4.78 is 0. The van der Waals surface area contributed by atoms with Crippen LogP contribution in [0.2, 0.25) is 0 Å². The number of aromatic nitrogens is 1. The van der Waals surface area contributed by atoms with Gasteiger partial charge in [-0.2, -0.15) is 0 Å². The monoisotopic (exact) mass is 373 g/mol. The van der Waals surface area contributed by atoms with Gasteiger partial charge in [0.25, 0.3) is 5.91 Å². The molecule has 0 spiro atoms. The van der Waals surface area contributed by atoms with Gasteiger partial charge in [-0.15, -0.1) is 11.3 Å². The molecular weight excluding hydrogens is 346 g/mol. The lowest BCUT2D eigenvalue weighted by Gasteiger charge is -2.11. The Morgan fingerprint density at radius 1 is 1.15 bits per heavy atom. The number of nitrogens with one attached hydrogen (secondary N) is 2. The number of hydrogen-bond donors (Lipinski definition) is 2. The Morgan fingerprint density at radius 2 is 1.85 bits per heavy atom. The third-order valence-electron chi connectivity index (χ3n) is 4.22. The summed E-state index contributed by atoms with van der Waals surface area (Å²) >= 11 is 1.45. The molecule has 1 atom stereocenters. The maximum atomic E-state index is 12.2. The Morgan fingerprint density at radius 3 is 2.46 bits per heavy atom. The summed E-state index contributed by atoms with van der Waals surface area (Å²) in [7, 11) is 0. The van der Waals surface area contributed by atoms with Crippen molar-refractivity contribution >= 4 is 23.2 Å². The lowest BCUT2D eigenvalue weighted by atomic mass is 10.0. The van der Waals surface area contributed by atoms with E-state index in [4.69, 9.17) is 0 Å². The van der Waals surface area contributed by atoms with E-state index in [1.165, 1.54) is 16.9 Å². The van der Waals surface area contributed by atoms with Crippen molar-refractivity contribution in [2.75, 3.05) is 6.54 Å². The van der Waals surface area contributed by atoms with Crippen molar-refractivity contribution in [3.63, 3.8) is 0 Å². The number of amides is 2. The Balaban J connectivity index is 1.88. The van der Waals surface area contributed by atoms with E-state index in [0.29, 0.717) is 18.2 Å². The average Bonchev–Trinajstić information content (AvgIpc) is 3.11. The third-order valence-corrected chi connectivity index (χ3v) is 5.11. The zero-order valence-electron chi connectivity index (χ0n) is 15.8. The number of carbonyl (C=O) groups is 2. The number of hydrogen-bond acceptors (Lipinski definition) is 4. The van der Waals surface area contributed by atoms with Gasteiger partial charge < -0.3 is 10.6 Å². The maximum absolute atomic E-state index is 12.2. The van der Waals surface area contributed by atoms with Crippen molar-refractivity contribution in [2.45, 2.75) is 52.5 Å². The second-order valence-electron chi connectivity index (χ2n) is 6.70. The second kappa shape index (κ2) is 9.48. The molecule has 0 aliphatic rings. The van der Waals surface area contributed by atoms with Crippen molar-refractivity contribution in [1.29, 1.82) is 0 Å². The first-order chi connectivity index (χ1) is 12.4. The minimum atomic E-state index is -0.248. The normalized spacial score (nSPS) is 12.0. The number of carbonyl (C=O) groups excluding carboxylic acids is 2. The molecular formula is C20H27N3O2S. The molecule has 1 aromatic carbocycles. The Hall–Kier alpha value is -2.21. The first-order valence-electron chi connectivity index (χ1n) is 9.04. The predicted octanol–water partition coefficient (Wildman–Crippen LogP) is 3.97. The zero-order chi connectivity index (χ0) is 19.1. The Kier molecular flexibility index (Phi) is 7.33. The molecule has 0 saturated heterocycles. The summed E-state index contributed by atoms with van der Waals surface area (Å²) in [5.41, 5.74) is 2.67. The second-order valence-corrected chi connectivity index (χ2v) is 7.56. The van der Waals surface area contributed by atoms with E-state index >= 15 is 0 Å². The lowest BCUT2D eigenvalue weighted by Crippen LogP contribution is -2.35. The topological polar surface area (TPSA) is 71.1 Å². The Labute approximate surface area is 159 Å². The molecule has 140 valence electrons. The molecule has 1 unspecified atom stereocenters. The first-order valence-corrected chi connectivity index (χ1v) is 9.92. The number of rotatable bonds is 8. The molecule has 0 bridgehead atoms. The zero-order valence-corrected chi connectivity index (χ0v) is 16.7. The molecule has 26 heavy (non-hydrogen) atoms. The highest BCUT2D eigenvalue weighted by molar-refractivity contribution is 7.13. The van der Waals surface area contributed by atoms with Crippen molar-refractivity contribution in [2.24, 2.45) is 0 Å². The summed E-state index contributed by atoms with van der Waals surface area (Å²) in [6.45, 7) is 8.59.